The standard InChI is InChI=1S/C23H26ClN3O2/c1-25(15-17-6-2-3-7-21(17)26-12-4-5-13-26)23(29)18-14-22(28)27(16-18)20-10-8-19(24)9-11-20/h2-3,6-11,18H,4-5,12-16H2,1H3. The van der Waals surface area contributed by atoms with Gasteiger partial charge in [-0.05, 0) is 48.7 Å². The predicted octanol–water partition coefficient (Wildman–Crippen LogP) is 3.95. The lowest BCUT2D eigenvalue weighted by Crippen LogP contribution is -2.34. The van der Waals surface area contributed by atoms with Crippen LogP contribution in [0.15, 0.2) is 48.5 Å². The first-order valence-electron chi connectivity index (χ1n) is 10.2. The summed E-state index contributed by atoms with van der Waals surface area (Å²) >= 11 is 5.94. The monoisotopic (exact) mass is 411 g/mol. The van der Waals surface area contributed by atoms with E-state index >= 15 is 0 Å². The molecule has 4 rings (SSSR count). The number of hydrogen-bond donors (Lipinski definition) is 0. The Morgan fingerprint density at radius 3 is 2.52 bits per heavy atom. The molecule has 1 unspecified atom stereocenters. The Hall–Kier alpha value is -2.53. The van der Waals surface area contributed by atoms with Crippen LogP contribution in [0.25, 0.3) is 0 Å². The fourth-order valence-electron chi connectivity index (χ4n) is 4.30. The van der Waals surface area contributed by atoms with Crippen LogP contribution in [0.1, 0.15) is 24.8 Å². The summed E-state index contributed by atoms with van der Waals surface area (Å²) in [6, 6.07) is 15.5. The molecule has 2 amide bonds. The molecule has 0 radical (unpaired) electrons. The van der Waals surface area contributed by atoms with Gasteiger partial charge in [0.1, 0.15) is 0 Å². The first-order valence-corrected chi connectivity index (χ1v) is 10.5. The maximum absolute atomic E-state index is 13.1. The molecule has 2 aromatic rings. The summed E-state index contributed by atoms with van der Waals surface area (Å²) in [7, 11) is 1.83. The summed E-state index contributed by atoms with van der Waals surface area (Å²) in [6.45, 7) is 3.11. The number of amides is 2. The maximum Gasteiger partial charge on any atom is 0.228 e. The highest BCUT2D eigenvalue weighted by Crippen LogP contribution is 2.29. The fourth-order valence-corrected chi connectivity index (χ4v) is 4.43. The van der Waals surface area contributed by atoms with E-state index in [-0.39, 0.29) is 24.2 Å². The Morgan fingerprint density at radius 2 is 1.79 bits per heavy atom. The number of nitrogens with zero attached hydrogens (tertiary/aromatic N) is 3. The lowest BCUT2D eigenvalue weighted by atomic mass is 10.1. The third kappa shape index (κ3) is 4.25. The van der Waals surface area contributed by atoms with Crippen LogP contribution in [0.4, 0.5) is 11.4 Å². The second kappa shape index (κ2) is 8.46. The van der Waals surface area contributed by atoms with Crippen molar-refractivity contribution in [2.24, 2.45) is 5.92 Å². The van der Waals surface area contributed by atoms with Gasteiger partial charge in [0, 0.05) is 56.0 Å². The molecular weight excluding hydrogens is 386 g/mol. The Bertz CT molecular complexity index is 893. The number of hydrogen-bond acceptors (Lipinski definition) is 3. The van der Waals surface area contributed by atoms with Crippen molar-refractivity contribution in [2.45, 2.75) is 25.8 Å². The average Bonchev–Trinajstić information content (AvgIpc) is 3.38. The lowest BCUT2D eigenvalue weighted by Gasteiger charge is -2.26. The molecule has 1 atom stereocenters. The van der Waals surface area contributed by atoms with Crippen molar-refractivity contribution in [1.29, 1.82) is 0 Å². The smallest absolute Gasteiger partial charge is 0.228 e. The van der Waals surface area contributed by atoms with Gasteiger partial charge >= 0.3 is 0 Å². The number of para-hydroxylation sites is 1. The molecule has 29 heavy (non-hydrogen) atoms. The van der Waals surface area contributed by atoms with Crippen LogP contribution in [0.2, 0.25) is 5.02 Å². The van der Waals surface area contributed by atoms with Crippen LogP contribution in [-0.2, 0) is 16.1 Å². The summed E-state index contributed by atoms with van der Waals surface area (Å²) < 4.78 is 0. The number of carbonyl (C=O) groups is 2. The Morgan fingerprint density at radius 1 is 1.10 bits per heavy atom. The molecule has 5 nitrogen and oxygen atoms in total. The molecule has 6 heteroatoms. The highest BCUT2D eigenvalue weighted by Gasteiger charge is 2.36. The van der Waals surface area contributed by atoms with E-state index in [9.17, 15) is 9.59 Å². The molecule has 0 bridgehead atoms. The molecule has 2 aliphatic heterocycles. The van der Waals surface area contributed by atoms with E-state index in [4.69, 9.17) is 11.6 Å². The normalized spacial score (nSPS) is 19.1. The van der Waals surface area contributed by atoms with E-state index in [1.165, 1.54) is 18.5 Å². The quantitative estimate of drug-likeness (QED) is 0.748. The van der Waals surface area contributed by atoms with Gasteiger partial charge in [-0.2, -0.15) is 0 Å². The Kier molecular flexibility index (Phi) is 5.76. The number of anilines is 2. The van der Waals surface area contributed by atoms with E-state index in [0.29, 0.717) is 18.1 Å². The molecule has 2 fully saturated rings. The molecule has 152 valence electrons. The molecule has 2 saturated heterocycles. The largest absolute Gasteiger partial charge is 0.371 e. The molecule has 0 aliphatic carbocycles. The molecule has 0 aromatic heterocycles. The van der Waals surface area contributed by atoms with E-state index in [1.54, 1.807) is 21.9 Å². The summed E-state index contributed by atoms with van der Waals surface area (Å²) in [4.78, 5) is 31.4. The van der Waals surface area contributed by atoms with Gasteiger partial charge < -0.3 is 14.7 Å². The van der Waals surface area contributed by atoms with Gasteiger partial charge in [0.25, 0.3) is 0 Å². The van der Waals surface area contributed by atoms with Crippen LogP contribution in [0.5, 0.6) is 0 Å². The van der Waals surface area contributed by atoms with Crippen molar-refractivity contribution in [2.75, 3.05) is 36.5 Å². The molecule has 0 spiro atoms. The van der Waals surface area contributed by atoms with Crippen LogP contribution in [0, 0.1) is 5.92 Å². The van der Waals surface area contributed by atoms with Gasteiger partial charge in [-0.3, -0.25) is 9.59 Å². The zero-order valence-corrected chi connectivity index (χ0v) is 17.4. The summed E-state index contributed by atoms with van der Waals surface area (Å²) in [5.41, 5.74) is 3.16. The molecule has 0 N–H and O–H groups in total. The maximum atomic E-state index is 13.1. The van der Waals surface area contributed by atoms with Gasteiger partial charge in [0.15, 0.2) is 0 Å². The van der Waals surface area contributed by atoms with Crippen molar-refractivity contribution in [1.82, 2.24) is 4.90 Å². The third-order valence-electron chi connectivity index (χ3n) is 5.83. The first kappa shape index (κ1) is 19.8. The highest BCUT2D eigenvalue weighted by molar-refractivity contribution is 6.30. The number of benzene rings is 2. The minimum absolute atomic E-state index is 0.0171. The fraction of sp³-hybridized carbons (Fsp3) is 0.391. The molecule has 2 aromatic carbocycles. The second-order valence-corrected chi connectivity index (χ2v) is 8.34. The van der Waals surface area contributed by atoms with Crippen LogP contribution in [-0.4, -0.2) is 43.4 Å². The van der Waals surface area contributed by atoms with Crippen molar-refractivity contribution in [3.63, 3.8) is 0 Å². The van der Waals surface area contributed by atoms with Crippen LogP contribution in [0.3, 0.4) is 0 Å². The number of rotatable bonds is 5. The second-order valence-electron chi connectivity index (χ2n) is 7.90. The van der Waals surface area contributed by atoms with Crippen LogP contribution >= 0.6 is 11.6 Å². The van der Waals surface area contributed by atoms with Crippen molar-refractivity contribution in [3.05, 3.63) is 59.1 Å². The zero-order chi connectivity index (χ0) is 20.4. The summed E-state index contributed by atoms with van der Waals surface area (Å²) in [5, 5.41) is 0.629. The van der Waals surface area contributed by atoms with Crippen molar-refractivity contribution >= 4 is 34.8 Å². The minimum Gasteiger partial charge on any atom is -0.371 e. The number of carbonyl (C=O) groups excluding carboxylic acids is 2. The van der Waals surface area contributed by atoms with Gasteiger partial charge in [0.2, 0.25) is 11.8 Å². The topological polar surface area (TPSA) is 43.9 Å². The molecule has 2 heterocycles. The third-order valence-corrected chi connectivity index (χ3v) is 6.09. The SMILES string of the molecule is CN(Cc1ccccc1N1CCCC1)C(=O)C1CC(=O)N(c2ccc(Cl)cc2)C1. The van der Waals surface area contributed by atoms with Crippen molar-refractivity contribution in [3.8, 4) is 0 Å². The van der Waals surface area contributed by atoms with Crippen LogP contribution < -0.4 is 9.80 Å². The van der Waals surface area contributed by atoms with E-state index in [0.717, 1.165) is 24.3 Å². The van der Waals surface area contributed by atoms with Crippen molar-refractivity contribution < 1.29 is 9.59 Å². The lowest BCUT2D eigenvalue weighted by molar-refractivity contribution is -0.135. The van der Waals surface area contributed by atoms with E-state index in [2.05, 4.69) is 23.1 Å². The van der Waals surface area contributed by atoms with Gasteiger partial charge in [-0.25, -0.2) is 0 Å². The molecule has 2 aliphatic rings. The van der Waals surface area contributed by atoms with Gasteiger partial charge in [0.05, 0.1) is 5.92 Å². The Labute approximate surface area is 176 Å². The minimum atomic E-state index is -0.317. The first-order chi connectivity index (χ1) is 14.0. The molecular formula is C23H26ClN3O2. The van der Waals surface area contributed by atoms with E-state index in [1.807, 2.05) is 25.2 Å². The summed E-state index contributed by atoms with van der Waals surface area (Å²) in [6.07, 6.45) is 2.68. The zero-order valence-electron chi connectivity index (χ0n) is 16.7. The summed E-state index contributed by atoms with van der Waals surface area (Å²) in [5.74, 6) is -0.315. The number of halogens is 1. The van der Waals surface area contributed by atoms with E-state index < -0.39 is 0 Å². The van der Waals surface area contributed by atoms with Gasteiger partial charge in [-0.1, -0.05) is 29.8 Å². The Balaban J connectivity index is 1.44. The van der Waals surface area contributed by atoms with Gasteiger partial charge in [-0.15, -0.1) is 0 Å². The molecule has 0 saturated carbocycles. The predicted molar refractivity (Wildman–Crippen MR) is 116 cm³/mol. The highest BCUT2D eigenvalue weighted by atomic mass is 35.5. The average molecular weight is 412 g/mol.